The van der Waals surface area contributed by atoms with Crippen molar-refractivity contribution in [2.45, 2.75) is 19.4 Å². The minimum atomic E-state index is -0.883. The van der Waals surface area contributed by atoms with E-state index in [2.05, 4.69) is 10.3 Å². The minimum absolute atomic E-state index is 0.330. The van der Waals surface area contributed by atoms with E-state index in [4.69, 9.17) is 5.73 Å². The van der Waals surface area contributed by atoms with Gasteiger partial charge in [0.1, 0.15) is 11.4 Å². The van der Waals surface area contributed by atoms with Gasteiger partial charge in [-0.25, -0.2) is 9.37 Å². The van der Waals surface area contributed by atoms with Gasteiger partial charge in [0.2, 0.25) is 5.91 Å². The van der Waals surface area contributed by atoms with E-state index < -0.39 is 11.4 Å². The molecule has 3 N–H and O–H groups in total. The number of nitrogens with zero attached hydrogens (tertiary/aromatic N) is 1. The van der Waals surface area contributed by atoms with Gasteiger partial charge < -0.3 is 11.1 Å². The van der Waals surface area contributed by atoms with Crippen LogP contribution in [-0.4, -0.2) is 16.4 Å². The molecule has 2 rings (SSSR count). The smallest absolute Gasteiger partial charge is 0.242 e. The Morgan fingerprint density at radius 2 is 2.24 bits per heavy atom. The highest BCUT2D eigenvalue weighted by atomic mass is 32.1. The van der Waals surface area contributed by atoms with Gasteiger partial charge in [0, 0.05) is 6.07 Å². The third kappa shape index (κ3) is 2.36. The number of primary amides is 1. The molecular formula is C11H12FN3OS. The van der Waals surface area contributed by atoms with Gasteiger partial charge in [0.05, 0.1) is 10.2 Å². The molecule has 0 fully saturated rings. The molecular weight excluding hydrogens is 241 g/mol. The summed E-state index contributed by atoms with van der Waals surface area (Å²) in [6, 6.07) is 4.39. The zero-order valence-corrected chi connectivity index (χ0v) is 10.3. The number of benzene rings is 1. The summed E-state index contributed by atoms with van der Waals surface area (Å²) < 4.78 is 13.8. The topological polar surface area (TPSA) is 68.0 Å². The minimum Gasteiger partial charge on any atom is -0.368 e. The lowest BCUT2D eigenvalue weighted by Crippen LogP contribution is -2.44. The van der Waals surface area contributed by atoms with Crippen molar-refractivity contribution >= 4 is 32.6 Å². The van der Waals surface area contributed by atoms with Gasteiger partial charge >= 0.3 is 0 Å². The first-order valence-electron chi connectivity index (χ1n) is 5.03. The van der Waals surface area contributed by atoms with Crippen molar-refractivity contribution in [2.24, 2.45) is 5.73 Å². The summed E-state index contributed by atoms with van der Waals surface area (Å²) in [6.07, 6.45) is 0. The maximum absolute atomic E-state index is 13.0. The highest BCUT2D eigenvalue weighted by molar-refractivity contribution is 7.22. The number of carbonyl (C=O) groups excluding carboxylic acids is 1. The number of fused-ring (bicyclic) bond motifs is 1. The summed E-state index contributed by atoms with van der Waals surface area (Å²) in [5, 5.41) is 3.49. The van der Waals surface area contributed by atoms with Crippen molar-refractivity contribution in [3.8, 4) is 0 Å². The second-order valence-electron chi connectivity index (χ2n) is 4.25. The maximum atomic E-state index is 13.0. The van der Waals surface area contributed by atoms with Crippen molar-refractivity contribution < 1.29 is 9.18 Å². The number of hydrogen-bond acceptors (Lipinski definition) is 4. The molecule has 0 aliphatic heterocycles. The van der Waals surface area contributed by atoms with E-state index in [9.17, 15) is 9.18 Å². The standard InChI is InChI=1S/C11H12FN3OS/c1-11(2,9(13)16)15-10-14-7-5-6(12)3-4-8(7)17-10/h3-5H,1-2H3,(H2,13,16)(H,14,15). The van der Waals surface area contributed by atoms with Crippen LogP contribution in [0.4, 0.5) is 9.52 Å². The molecule has 0 aliphatic rings. The lowest BCUT2D eigenvalue weighted by Gasteiger charge is -2.21. The number of rotatable bonds is 3. The molecule has 0 atom stereocenters. The molecule has 0 saturated carbocycles. The fourth-order valence-corrected chi connectivity index (χ4v) is 2.29. The third-order valence-corrected chi connectivity index (χ3v) is 3.34. The van der Waals surface area contributed by atoms with E-state index in [-0.39, 0.29) is 5.82 Å². The van der Waals surface area contributed by atoms with Gasteiger partial charge in [0.25, 0.3) is 0 Å². The Morgan fingerprint density at radius 3 is 2.88 bits per heavy atom. The van der Waals surface area contributed by atoms with E-state index in [1.807, 2.05) is 0 Å². The predicted octanol–water partition coefficient (Wildman–Crippen LogP) is 2.11. The number of aromatic nitrogens is 1. The number of carbonyl (C=O) groups is 1. The van der Waals surface area contributed by atoms with Crippen LogP contribution < -0.4 is 11.1 Å². The van der Waals surface area contributed by atoms with E-state index in [1.165, 1.54) is 23.5 Å². The van der Waals surface area contributed by atoms with Gasteiger partial charge in [-0.3, -0.25) is 4.79 Å². The first kappa shape index (κ1) is 11.8. The van der Waals surface area contributed by atoms with Crippen molar-refractivity contribution in [3.63, 3.8) is 0 Å². The van der Waals surface area contributed by atoms with Crippen LogP contribution in [0.3, 0.4) is 0 Å². The lowest BCUT2D eigenvalue weighted by molar-refractivity contribution is -0.121. The zero-order chi connectivity index (χ0) is 12.6. The maximum Gasteiger partial charge on any atom is 0.242 e. The average molecular weight is 253 g/mol. The monoisotopic (exact) mass is 253 g/mol. The van der Waals surface area contributed by atoms with Gasteiger partial charge in [0.15, 0.2) is 5.13 Å². The molecule has 6 heteroatoms. The molecule has 0 radical (unpaired) electrons. The molecule has 1 aromatic carbocycles. The average Bonchev–Trinajstić information content (AvgIpc) is 2.57. The summed E-state index contributed by atoms with van der Waals surface area (Å²) in [4.78, 5) is 15.4. The predicted molar refractivity (Wildman–Crippen MR) is 66.5 cm³/mol. The molecule has 1 aromatic heterocycles. The highest BCUT2D eigenvalue weighted by Gasteiger charge is 2.25. The SMILES string of the molecule is CC(C)(Nc1nc2cc(F)ccc2s1)C(N)=O. The van der Waals surface area contributed by atoms with Gasteiger partial charge in [-0.2, -0.15) is 0 Å². The second-order valence-corrected chi connectivity index (χ2v) is 5.28. The Bertz CT molecular complexity index is 579. The number of halogens is 1. The summed E-state index contributed by atoms with van der Waals surface area (Å²) in [6.45, 7) is 3.34. The van der Waals surface area contributed by atoms with Crippen LogP contribution in [0.1, 0.15) is 13.8 Å². The molecule has 0 spiro atoms. The van der Waals surface area contributed by atoms with Crippen molar-refractivity contribution in [2.75, 3.05) is 5.32 Å². The number of hydrogen-bond donors (Lipinski definition) is 2. The first-order valence-corrected chi connectivity index (χ1v) is 5.84. The molecule has 90 valence electrons. The number of amides is 1. The molecule has 0 bridgehead atoms. The van der Waals surface area contributed by atoms with Crippen molar-refractivity contribution in [1.29, 1.82) is 0 Å². The summed E-state index contributed by atoms with van der Waals surface area (Å²) >= 11 is 1.35. The molecule has 0 unspecified atom stereocenters. The second kappa shape index (κ2) is 3.96. The molecule has 0 aliphatic carbocycles. The summed E-state index contributed by atoms with van der Waals surface area (Å²) in [5.74, 6) is -0.800. The van der Waals surface area contributed by atoms with Gasteiger partial charge in [-0.1, -0.05) is 11.3 Å². The number of anilines is 1. The zero-order valence-electron chi connectivity index (χ0n) is 9.45. The summed E-state index contributed by atoms with van der Waals surface area (Å²) in [5.41, 5.74) is 4.94. The van der Waals surface area contributed by atoms with Crippen molar-refractivity contribution in [1.82, 2.24) is 4.98 Å². The van der Waals surface area contributed by atoms with E-state index in [0.717, 1.165) is 4.70 Å². The molecule has 1 heterocycles. The molecule has 1 amide bonds. The van der Waals surface area contributed by atoms with Crippen molar-refractivity contribution in [3.05, 3.63) is 24.0 Å². The van der Waals surface area contributed by atoms with Crippen LogP contribution in [0, 0.1) is 5.82 Å². The largest absolute Gasteiger partial charge is 0.368 e. The van der Waals surface area contributed by atoms with Crippen LogP contribution >= 0.6 is 11.3 Å². The third-order valence-electron chi connectivity index (χ3n) is 2.39. The Labute approximate surface area is 102 Å². The van der Waals surface area contributed by atoms with Crippen LogP contribution in [0.2, 0.25) is 0 Å². The van der Waals surface area contributed by atoms with E-state index >= 15 is 0 Å². The Balaban J connectivity index is 2.34. The lowest BCUT2D eigenvalue weighted by atomic mass is 10.1. The van der Waals surface area contributed by atoms with Crippen LogP contribution in [0.15, 0.2) is 18.2 Å². The molecule has 4 nitrogen and oxygen atoms in total. The fourth-order valence-electron chi connectivity index (χ4n) is 1.28. The molecule has 2 aromatic rings. The fraction of sp³-hybridized carbons (Fsp3) is 0.273. The highest BCUT2D eigenvalue weighted by Crippen LogP contribution is 2.28. The van der Waals surface area contributed by atoms with Gasteiger partial charge in [-0.15, -0.1) is 0 Å². The quantitative estimate of drug-likeness (QED) is 0.880. The van der Waals surface area contributed by atoms with Crippen LogP contribution in [0.5, 0.6) is 0 Å². The number of thiazole rings is 1. The Morgan fingerprint density at radius 1 is 1.53 bits per heavy atom. The number of nitrogens with one attached hydrogen (secondary N) is 1. The van der Waals surface area contributed by atoms with E-state index in [0.29, 0.717) is 10.6 Å². The Hall–Kier alpha value is -1.69. The first-order chi connectivity index (χ1) is 7.88. The number of nitrogens with two attached hydrogens (primary N) is 1. The van der Waals surface area contributed by atoms with E-state index in [1.54, 1.807) is 19.9 Å². The van der Waals surface area contributed by atoms with Crippen LogP contribution in [0.25, 0.3) is 10.2 Å². The Kier molecular flexibility index (Phi) is 2.74. The molecule has 0 saturated heterocycles. The van der Waals surface area contributed by atoms with Gasteiger partial charge in [-0.05, 0) is 26.0 Å². The molecule has 17 heavy (non-hydrogen) atoms. The van der Waals surface area contributed by atoms with Crippen LogP contribution in [-0.2, 0) is 4.79 Å². The summed E-state index contributed by atoms with van der Waals surface area (Å²) in [7, 11) is 0. The normalized spacial score (nSPS) is 11.7.